The maximum atomic E-state index is 12.2. The largest absolute Gasteiger partial charge is 0.494 e. The summed E-state index contributed by atoms with van der Waals surface area (Å²) in [5.74, 6) is 0.644. The van der Waals surface area contributed by atoms with E-state index in [4.69, 9.17) is 4.74 Å². The van der Waals surface area contributed by atoms with Crippen molar-refractivity contribution >= 4 is 21.7 Å². The normalized spacial score (nSPS) is 11.6. The molecule has 0 bridgehead atoms. The van der Waals surface area contributed by atoms with Crippen LogP contribution < -0.4 is 4.74 Å². The Kier molecular flexibility index (Phi) is 7.16. The molecule has 0 radical (unpaired) electrons. The molecule has 0 aromatic heterocycles. The maximum Gasteiger partial charge on any atom is 0.185 e. The second kappa shape index (κ2) is 9.34. The number of hydrogen-bond acceptors (Lipinski definition) is 4. The summed E-state index contributed by atoms with van der Waals surface area (Å²) < 4.78 is 28.5. The molecule has 0 aliphatic carbocycles. The third-order valence-corrected chi connectivity index (χ3v) is 5.02. The summed E-state index contributed by atoms with van der Waals surface area (Å²) in [5.41, 5.74) is 1.34. The average Bonchev–Trinajstić information content (AvgIpc) is 2.63. The molecular formula is C21H24O4S. The van der Waals surface area contributed by atoms with Crippen molar-refractivity contribution in [3.8, 4) is 5.75 Å². The summed E-state index contributed by atoms with van der Waals surface area (Å²) in [7, 11) is -3.26. The number of ether oxygens (including phenoxy) is 1. The van der Waals surface area contributed by atoms with Gasteiger partial charge in [-0.05, 0) is 54.5 Å². The van der Waals surface area contributed by atoms with Gasteiger partial charge in [-0.3, -0.25) is 4.79 Å². The zero-order chi connectivity index (χ0) is 19.0. The van der Waals surface area contributed by atoms with Crippen LogP contribution in [0.15, 0.2) is 59.5 Å². The molecule has 2 aromatic carbocycles. The quantitative estimate of drug-likeness (QED) is 0.368. The highest BCUT2D eigenvalue weighted by molar-refractivity contribution is 7.90. The minimum absolute atomic E-state index is 0.176. The fourth-order valence-electron chi connectivity index (χ4n) is 2.35. The molecule has 0 spiro atoms. The third kappa shape index (κ3) is 6.15. The van der Waals surface area contributed by atoms with E-state index in [1.807, 2.05) is 24.3 Å². The fourth-order valence-corrected chi connectivity index (χ4v) is 2.98. The monoisotopic (exact) mass is 372 g/mol. The van der Waals surface area contributed by atoms with Crippen molar-refractivity contribution in [3.05, 3.63) is 65.7 Å². The number of ketones is 1. The van der Waals surface area contributed by atoms with E-state index in [1.54, 1.807) is 6.08 Å². The molecule has 0 saturated heterocycles. The highest BCUT2D eigenvalue weighted by Crippen LogP contribution is 2.15. The molecule has 2 rings (SSSR count). The molecule has 0 unspecified atom stereocenters. The van der Waals surface area contributed by atoms with Gasteiger partial charge in [0.25, 0.3) is 0 Å². The zero-order valence-electron chi connectivity index (χ0n) is 15.1. The Morgan fingerprint density at radius 1 is 1.00 bits per heavy atom. The van der Waals surface area contributed by atoms with E-state index in [0.717, 1.165) is 36.8 Å². The number of carbonyl (C=O) groups excluding carboxylic acids is 1. The average molecular weight is 372 g/mol. The summed E-state index contributed by atoms with van der Waals surface area (Å²) in [5, 5.41) is 0. The molecule has 4 nitrogen and oxygen atoms in total. The lowest BCUT2D eigenvalue weighted by molar-refractivity contribution is 0.104. The van der Waals surface area contributed by atoms with Crippen molar-refractivity contribution in [1.29, 1.82) is 0 Å². The summed E-state index contributed by atoms with van der Waals surface area (Å²) in [6.45, 7) is 2.87. The summed E-state index contributed by atoms with van der Waals surface area (Å²) >= 11 is 0. The molecule has 0 N–H and O–H groups in total. The Morgan fingerprint density at radius 2 is 1.65 bits per heavy atom. The smallest absolute Gasteiger partial charge is 0.185 e. The van der Waals surface area contributed by atoms with Crippen molar-refractivity contribution in [2.24, 2.45) is 0 Å². The van der Waals surface area contributed by atoms with Crippen LogP contribution in [0.25, 0.3) is 6.08 Å². The van der Waals surface area contributed by atoms with E-state index in [1.165, 1.54) is 30.3 Å². The van der Waals surface area contributed by atoms with Crippen molar-refractivity contribution in [3.63, 3.8) is 0 Å². The number of allylic oxidation sites excluding steroid dienone is 1. The van der Waals surface area contributed by atoms with Crippen LogP contribution >= 0.6 is 0 Å². The van der Waals surface area contributed by atoms with E-state index in [-0.39, 0.29) is 10.7 Å². The molecule has 0 aliphatic heterocycles. The number of benzene rings is 2. The standard InChI is InChI=1S/C21H24O4S/c1-3-4-5-16-25-19-11-6-17(7-12-19)8-15-21(22)18-9-13-20(14-10-18)26(2,23)24/h6-15H,3-5,16H2,1-2H3/b15-8+. The second-order valence-corrected chi connectivity index (χ2v) is 8.13. The lowest BCUT2D eigenvalue weighted by Crippen LogP contribution is -1.99. The summed E-state index contributed by atoms with van der Waals surface area (Å²) in [4.78, 5) is 12.4. The number of hydrogen-bond donors (Lipinski definition) is 0. The fraction of sp³-hybridized carbons (Fsp3) is 0.286. The van der Waals surface area contributed by atoms with E-state index in [2.05, 4.69) is 6.92 Å². The Bertz CT molecular complexity index is 848. The Labute approximate surface area is 155 Å². The number of carbonyl (C=O) groups is 1. The number of rotatable bonds is 9. The predicted molar refractivity (Wildman–Crippen MR) is 104 cm³/mol. The van der Waals surface area contributed by atoms with Gasteiger partial charge < -0.3 is 4.74 Å². The zero-order valence-corrected chi connectivity index (χ0v) is 16.0. The van der Waals surface area contributed by atoms with Gasteiger partial charge in [0, 0.05) is 11.8 Å². The Morgan fingerprint density at radius 3 is 2.23 bits per heavy atom. The molecule has 2 aromatic rings. The molecule has 138 valence electrons. The molecular weight excluding hydrogens is 348 g/mol. The minimum atomic E-state index is -3.26. The van der Waals surface area contributed by atoms with Crippen molar-refractivity contribution in [1.82, 2.24) is 0 Å². The molecule has 5 heteroatoms. The molecule has 0 aliphatic rings. The summed E-state index contributed by atoms with van der Waals surface area (Å²) in [6.07, 6.45) is 7.72. The maximum absolute atomic E-state index is 12.2. The number of sulfone groups is 1. The van der Waals surface area contributed by atoms with E-state index in [9.17, 15) is 13.2 Å². The first-order chi connectivity index (χ1) is 12.4. The molecule has 0 amide bonds. The Hall–Kier alpha value is -2.40. The minimum Gasteiger partial charge on any atom is -0.494 e. The van der Waals surface area contributed by atoms with Crippen LogP contribution in [0.5, 0.6) is 5.75 Å². The molecule has 0 saturated carbocycles. The van der Waals surface area contributed by atoms with E-state index >= 15 is 0 Å². The molecule has 26 heavy (non-hydrogen) atoms. The van der Waals surface area contributed by atoms with Crippen LogP contribution in [0, 0.1) is 0 Å². The van der Waals surface area contributed by atoms with Crippen molar-refractivity contribution < 1.29 is 17.9 Å². The van der Waals surface area contributed by atoms with Crippen molar-refractivity contribution in [2.75, 3.05) is 12.9 Å². The lowest BCUT2D eigenvalue weighted by atomic mass is 10.1. The van der Waals surface area contributed by atoms with Gasteiger partial charge in [0.1, 0.15) is 5.75 Å². The van der Waals surface area contributed by atoms with E-state index < -0.39 is 9.84 Å². The van der Waals surface area contributed by atoms with Crippen LogP contribution in [0.3, 0.4) is 0 Å². The molecule has 0 fully saturated rings. The van der Waals surface area contributed by atoms with Crippen LogP contribution in [0.4, 0.5) is 0 Å². The van der Waals surface area contributed by atoms with Gasteiger partial charge in [-0.2, -0.15) is 0 Å². The number of unbranched alkanes of at least 4 members (excludes halogenated alkanes) is 2. The van der Waals surface area contributed by atoms with Crippen LogP contribution in [-0.4, -0.2) is 27.1 Å². The Balaban J connectivity index is 1.95. The molecule has 0 heterocycles. The molecule has 0 atom stereocenters. The van der Waals surface area contributed by atoms with Gasteiger partial charge in [0.15, 0.2) is 15.6 Å². The van der Waals surface area contributed by atoms with Crippen LogP contribution in [0.1, 0.15) is 42.1 Å². The first-order valence-corrected chi connectivity index (χ1v) is 10.5. The van der Waals surface area contributed by atoms with E-state index in [0.29, 0.717) is 12.2 Å². The van der Waals surface area contributed by atoms with Gasteiger partial charge in [0.2, 0.25) is 0 Å². The predicted octanol–water partition coefficient (Wildman–Crippen LogP) is 4.56. The summed E-state index contributed by atoms with van der Waals surface area (Å²) in [6, 6.07) is 13.5. The van der Waals surface area contributed by atoms with Gasteiger partial charge in [-0.15, -0.1) is 0 Å². The van der Waals surface area contributed by atoms with Crippen LogP contribution in [0.2, 0.25) is 0 Å². The first-order valence-electron chi connectivity index (χ1n) is 8.65. The van der Waals surface area contributed by atoms with Gasteiger partial charge in [0.05, 0.1) is 11.5 Å². The van der Waals surface area contributed by atoms with Gasteiger partial charge in [-0.25, -0.2) is 8.42 Å². The lowest BCUT2D eigenvalue weighted by Gasteiger charge is -2.05. The first kappa shape index (κ1) is 19.9. The van der Waals surface area contributed by atoms with Crippen LogP contribution in [-0.2, 0) is 9.84 Å². The van der Waals surface area contributed by atoms with Crippen molar-refractivity contribution in [2.45, 2.75) is 31.1 Å². The topological polar surface area (TPSA) is 60.4 Å². The highest BCUT2D eigenvalue weighted by Gasteiger charge is 2.08. The second-order valence-electron chi connectivity index (χ2n) is 6.12. The SMILES string of the molecule is CCCCCOc1ccc(/C=C/C(=O)c2ccc(S(C)(=O)=O)cc2)cc1. The van der Waals surface area contributed by atoms with Gasteiger partial charge in [-0.1, -0.05) is 38.0 Å². The van der Waals surface area contributed by atoms with Gasteiger partial charge >= 0.3 is 0 Å². The highest BCUT2D eigenvalue weighted by atomic mass is 32.2. The third-order valence-electron chi connectivity index (χ3n) is 3.89.